The number of halogens is 1. The van der Waals surface area contributed by atoms with Crippen LogP contribution in [0.3, 0.4) is 0 Å². The summed E-state index contributed by atoms with van der Waals surface area (Å²) >= 11 is 0. The highest BCUT2D eigenvalue weighted by Crippen LogP contribution is 2.12. The van der Waals surface area contributed by atoms with Gasteiger partial charge in [0.05, 0.1) is 6.21 Å². The van der Waals surface area contributed by atoms with Crippen LogP contribution in [-0.2, 0) is 4.84 Å². The van der Waals surface area contributed by atoms with E-state index in [9.17, 15) is 4.39 Å². The fourth-order valence-electron chi connectivity index (χ4n) is 0.312. The summed E-state index contributed by atoms with van der Waals surface area (Å²) in [6, 6.07) is 0. The predicted molar refractivity (Wildman–Crippen MR) is 39.9 cm³/mol. The topological polar surface area (TPSA) is 21.6 Å². The lowest BCUT2D eigenvalue weighted by atomic mass is 9.99. The van der Waals surface area contributed by atoms with Crippen molar-refractivity contribution in [1.29, 1.82) is 0 Å². The van der Waals surface area contributed by atoms with Crippen molar-refractivity contribution in [3.8, 4) is 0 Å². The minimum atomic E-state index is -0.565. The second-order valence-electron chi connectivity index (χ2n) is 3.28. The van der Waals surface area contributed by atoms with Crippen molar-refractivity contribution in [3.05, 3.63) is 0 Å². The average Bonchev–Trinajstić information content (AvgIpc) is 1.78. The van der Waals surface area contributed by atoms with Crippen molar-refractivity contribution < 1.29 is 9.23 Å². The summed E-state index contributed by atoms with van der Waals surface area (Å²) in [4.78, 5) is 4.77. The molecule has 0 fully saturated rings. The quantitative estimate of drug-likeness (QED) is 0.441. The zero-order chi connectivity index (χ0) is 8.04. The van der Waals surface area contributed by atoms with E-state index in [0.29, 0.717) is 6.61 Å². The third kappa shape index (κ3) is 7.40. The summed E-state index contributed by atoms with van der Waals surface area (Å²) in [6.07, 6.45) is 1.10. The molecule has 0 aliphatic heterocycles. The molecule has 2 nitrogen and oxygen atoms in total. The second-order valence-corrected chi connectivity index (χ2v) is 3.28. The van der Waals surface area contributed by atoms with Gasteiger partial charge in [0.15, 0.2) is 0 Å². The maximum absolute atomic E-state index is 11.4. The molecule has 0 saturated carbocycles. The standard InChI is InChI=1S/C7H14FNO/c1-7(2,3)6-10-9-5-4-8/h5H,4,6H2,1-3H3/b9-5+/i8-1. The first kappa shape index (κ1) is 9.40. The van der Waals surface area contributed by atoms with E-state index < -0.39 is 6.67 Å². The summed E-state index contributed by atoms with van der Waals surface area (Å²) in [5, 5.41) is 3.38. The molecule has 10 heavy (non-hydrogen) atoms. The minimum absolute atomic E-state index is 0.0909. The normalized spacial score (nSPS) is 12.4. The zero-order valence-corrected chi connectivity index (χ0v) is 6.72. The Balaban J connectivity index is 3.28. The minimum Gasteiger partial charge on any atom is -0.395 e. The molecule has 0 saturated heterocycles. The highest BCUT2D eigenvalue weighted by Gasteiger charge is 2.09. The predicted octanol–water partition coefficient (Wildman–Crippen LogP) is 2.00. The van der Waals surface area contributed by atoms with Gasteiger partial charge in [-0.2, -0.15) is 0 Å². The number of alkyl halides is 1. The molecule has 0 N–H and O–H groups in total. The Labute approximate surface area is 61.1 Å². The van der Waals surface area contributed by atoms with Gasteiger partial charge < -0.3 is 4.84 Å². The van der Waals surface area contributed by atoms with Gasteiger partial charge >= 0.3 is 0 Å². The highest BCUT2D eigenvalue weighted by molar-refractivity contribution is 5.57. The summed E-state index contributed by atoms with van der Waals surface area (Å²) in [5.41, 5.74) is 0.0909. The van der Waals surface area contributed by atoms with Gasteiger partial charge in [-0.25, -0.2) is 4.39 Å². The third-order valence-electron chi connectivity index (χ3n) is 0.716. The SMILES string of the molecule is CC(C)(C)CO/N=C/C[18F]. The first-order valence-electron chi connectivity index (χ1n) is 3.26. The van der Waals surface area contributed by atoms with Gasteiger partial charge in [-0.15, -0.1) is 0 Å². The number of oxime groups is 1. The maximum Gasteiger partial charge on any atom is 0.128 e. The first-order chi connectivity index (χ1) is 4.56. The van der Waals surface area contributed by atoms with Gasteiger partial charge in [-0.3, -0.25) is 0 Å². The Morgan fingerprint density at radius 1 is 1.50 bits per heavy atom. The van der Waals surface area contributed by atoms with Crippen molar-refractivity contribution in [2.24, 2.45) is 10.6 Å². The molecule has 0 atom stereocenters. The van der Waals surface area contributed by atoms with Crippen molar-refractivity contribution in [1.82, 2.24) is 0 Å². The molecule has 0 rings (SSSR count). The van der Waals surface area contributed by atoms with E-state index in [4.69, 9.17) is 4.84 Å². The molecule has 0 spiro atoms. The molecule has 0 aromatic carbocycles. The lowest BCUT2D eigenvalue weighted by molar-refractivity contribution is 0.0776. The van der Waals surface area contributed by atoms with E-state index in [1.165, 1.54) is 0 Å². The van der Waals surface area contributed by atoms with E-state index >= 15 is 0 Å². The molecule has 0 amide bonds. The molecule has 0 bridgehead atoms. The molecular weight excluding hydrogens is 132 g/mol. The first-order valence-corrected chi connectivity index (χ1v) is 3.26. The molecule has 0 unspecified atom stereocenters. The van der Waals surface area contributed by atoms with Crippen LogP contribution in [0.5, 0.6) is 0 Å². The van der Waals surface area contributed by atoms with E-state index in [-0.39, 0.29) is 5.41 Å². The number of rotatable bonds is 3. The molecule has 0 radical (unpaired) electrons. The van der Waals surface area contributed by atoms with Crippen LogP contribution in [0.4, 0.5) is 4.39 Å². The Morgan fingerprint density at radius 3 is 2.50 bits per heavy atom. The Hall–Kier alpha value is -0.600. The second kappa shape index (κ2) is 4.25. The van der Waals surface area contributed by atoms with Gasteiger partial charge in [0.25, 0.3) is 0 Å². The third-order valence-corrected chi connectivity index (χ3v) is 0.716. The van der Waals surface area contributed by atoms with Gasteiger partial charge in [0.1, 0.15) is 13.3 Å². The molecular formula is C7H14FNO. The van der Waals surface area contributed by atoms with Gasteiger partial charge in [0.2, 0.25) is 0 Å². The van der Waals surface area contributed by atoms with Crippen molar-refractivity contribution >= 4 is 6.21 Å². The Bertz CT molecular complexity index is 107. The van der Waals surface area contributed by atoms with Gasteiger partial charge in [-0.05, 0) is 5.41 Å². The number of hydrogen-bond acceptors (Lipinski definition) is 2. The summed E-state index contributed by atoms with van der Waals surface area (Å²) in [7, 11) is 0. The van der Waals surface area contributed by atoms with Crippen LogP contribution in [0.2, 0.25) is 0 Å². The van der Waals surface area contributed by atoms with E-state index in [0.717, 1.165) is 6.21 Å². The molecule has 0 aromatic heterocycles. The van der Waals surface area contributed by atoms with Crippen molar-refractivity contribution in [2.45, 2.75) is 20.8 Å². The van der Waals surface area contributed by atoms with Crippen molar-refractivity contribution in [2.75, 3.05) is 13.3 Å². The van der Waals surface area contributed by atoms with Crippen LogP contribution in [0.15, 0.2) is 5.16 Å². The van der Waals surface area contributed by atoms with E-state index in [2.05, 4.69) is 5.16 Å². The van der Waals surface area contributed by atoms with Gasteiger partial charge in [-0.1, -0.05) is 25.9 Å². The summed E-state index contributed by atoms with van der Waals surface area (Å²) < 4.78 is 11.4. The number of hydrogen-bond donors (Lipinski definition) is 0. The van der Waals surface area contributed by atoms with Crippen molar-refractivity contribution in [3.63, 3.8) is 0 Å². The smallest absolute Gasteiger partial charge is 0.128 e. The number of nitrogens with zero attached hydrogens (tertiary/aromatic N) is 1. The Morgan fingerprint density at radius 2 is 2.10 bits per heavy atom. The van der Waals surface area contributed by atoms with Crippen LogP contribution < -0.4 is 0 Å². The van der Waals surface area contributed by atoms with Crippen LogP contribution in [-0.4, -0.2) is 19.5 Å². The molecule has 0 heterocycles. The molecule has 3 heteroatoms. The lowest BCUT2D eigenvalue weighted by Gasteiger charge is -2.14. The van der Waals surface area contributed by atoms with Crippen LogP contribution >= 0.6 is 0 Å². The fraction of sp³-hybridized carbons (Fsp3) is 0.857. The monoisotopic (exact) mass is 146 g/mol. The molecule has 0 aliphatic rings. The molecule has 0 aromatic rings. The molecule has 0 aliphatic carbocycles. The average molecular weight is 146 g/mol. The Kier molecular flexibility index (Phi) is 4.00. The van der Waals surface area contributed by atoms with Crippen LogP contribution in [0.25, 0.3) is 0 Å². The van der Waals surface area contributed by atoms with E-state index in [1.54, 1.807) is 0 Å². The van der Waals surface area contributed by atoms with Crippen LogP contribution in [0, 0.1) is 5.41 Å². The van der Waals surface area contributed by atoms with Gasteiger partial charge in [0, 0.05) is 0 Å². The van der Waals surface area contributed by atoms with E-state index in [1.807, 2.05) is 20.8 Å². The summed E-state index contributed by atoms with van der Waals surface area (Å²) in [6.45, 7) is 6.03. The van der Waals surface area contributed by atoms with Crippen LogP contribution in [0.1, 0.15) is 20.8 Å². The summed E-state index contributed by atoms with van der Waals surface area (Å²) in [5.74, 6) is 0. The molecule has 60 valence electrons. The zero-order valence-electron chi connectivity index (χ0n) is 6.72. The lowest BCUT2D eigenvalue weighted by Crippen LogP contribution is -2.12. The largest absolute Gasteiger partial charge is 0.395 e. The maximum atomic E-state index is 11.4. The highest BCUT2D eigenvalue weighted by atomic mass is 18.2. The fourth-order valence-corrected chi connectivity index (χ4v) is 0.312.